The van der Waals surface area contributed by atoms with Gasteiger partial charge in [-0.05, 0) is 18.2 Å². The topological polar surface area (TPSA) is 161 Å². The zero-order valence-electron chi connectivity index (χ0n) is 19.1. The summed E-state index contributed by atoms with van der Waals surface area (Å²) in [5, 5.41) is 21.6. The molecule has 0 bridgehead atoms. The standard InChI is InChI=1S/C17H16F2N8O4S/c1-20-16(28)14-9(22-15-10(32(2,29)30)4-3-7-21-15)8-12(25-27-14)23-11-5-6-13(26-24-11)31-17(18)19/h3-8,17H,1-2H3,(H,20,28)(H2,21,22,23,24,25)/i1D3. The summed E-state index contributed by atoms with van der Waals surface area (Å²) in [4.78, 5) is 16.2. The molecule has 0 radical (unpaired) electrons. The van der Waals surface area contributed by atoms with Crippen molar-refractivity contribution in [1.29, 1.82) is 0 Å². The van der Waals surface area contributed by atoms with Gasteiger partial charge in [-0.3, -0.25) is 4.79 Å². The van der Waals surface area contributed by atoms with Crippen LogP contribution in [0, 0.1) is 0 Å². The van der Waals surface area contributed by atoms with Gasteiger partial charge in [0, 0.05) is 35.7 Å². The van der Waals surface area contributed by atoms with E-state index in [-0.39, 0.29) is 28.0 Å². The second-order valence-electron chi connectivity index (χ2n) is 5.95. The SMILES string of the molecule is [2H]C([2H])([2H])NC(=O)c1nnc(Nc2ccc(OC(F)F)nn2)cc1Nc1ncccc1S(C)(=O)=O. The Kier molecular flexibility index (Phi) is 5.52. The molecule has 15 heteroatoms. The van der Waals surface area contributed by atoms with Crippen molar-refractivity contribution in [2.45, 2.75) is 11.5 Å². The number of anilines is 4. The third kappa shape index (κ3) is 5.57. The molecule has 0 saturated carbocycles. The Morgan fingerprint density at radius 1 is 1.12 bits per heavy atom. The molecular formula is C17H16F2N8O4S. The second-order valence-corrected chi connectivity index (χ2v) is 7.94. The fourth-order valence-corrected chi connectivity index (χ4v) is 3.14. The number of pyridine rings is 1. The maximum absolute atomic E-state index is 12.5. The Hall–Kier alpha value is -4.01. The van der Waals surface area contributed by atoms with E-state index in [9.17, 15) is 22.0 Å². The molecule has 3 heterocycles. The number of halogens is 2. The van der Waals surface area contributed by atoms with E-state index in [1.54, 1.807) is 5.32 Å². The molecule has 0 saturated heterocycles. The molecule has 3 N–H and O–H groups in total. The molecule has 0 aliphatic carbocycles. The van der Waals surface area contributed by atoms with Gasteiger partial charge in [0.05, 0.1) is 5.69 Å². The number of hydrogen-bond acceptors (Lipinski definition) is 11. The van der Waals surface area contributed by atoms with Gasteiger partial charge in [-0.15, -0.1) is 20.4 Å². The minimum Gasteiger partial charge on any atom is -0.415 e. The number of carbonyl (C=O) groups excluding carboxylic acids is 1. The van der Waals surface area contributed by atoms with Gasteiger partial charge >= 0.3 is 6.61 Å². The third-order valence-electron chi connectivity index (χ3n) is 3.65. The molecule has 0 aromatic carbocycles. The predicted octanol–water partition coefficient (Wildman–Crippen LogP) is 1.51. The van der Waals surface area contributed by atoms with Gasteiger partial charge in [-0.25, -0.2) is 13.4 Å². The normalized spacial score (nSPS) is 12.9. The fourth-order valence-electron chi connectivity index (χ4n) is 2.36. The smallest absolute Gasteiger partial charge is 0.388 e. The molecule has 1 amide bonds. The number of nitrogens with zero attached hydrogens (tertiary/aromatic N) is 5. The summed E-state index contributed by atoms with van der Waals surface area (Å²) in [6.07, 6.45) is 2.25. The van der Waals surface area contributed by atoms with Crippen LogP contribution in [0.25, 0.3) is 0 Å². The molecule has 0 aliphatic rings. The predicted molar refractivity (Wildman–Crippen MR) is 108 cm³/mol. The molecule has 12 nitrogen and oxygen atoms in total. The summed E-state index contributed by atoms with van der Waals surface area (Å²) in [7, 11) is -3.74. The first kappa shape index (κ1) is 18.7. The average molecular weight is 469 g/mol. The molecule has 3 aromatic heterocycles. The molecule has 3 aromatic rings. The molecule has 3 rings (SSSR count). The van der Waals surface area contributed by atoms with E-state index in [2.05, 4.69) is 40.7 Å². The Bertz CT molecular complexity index is 1330. The number of hydrogen-bond donors (Lipinski definition) is 3. The highest BCUT2D eigenvalue weighted by Crippen LogP contribution is 2.26. The van der Waals surface area contributed by atoms with E-state index in [4.69, 9.17) is 4.11 Å². The monoisotopic (exact) mass is 469 g/mol. The molecular weight excluding hydrogens is 450 g/mol. The van der Waals surface area contributed by atoms with Gasteiger partial charge in [-0.2, -0.15) is 8.78 Å². The first-order valence-corrected chi connectivity index (χ1v) is 10.4. The van der Waals surface area contributed by atoms with Crippen LogP contribution in [-0.2, 0) is 9.84 Å². The maximum atomic E-state index is 12.5. The van der Waals surface area contributed by atoms with Crippen LogP contribution in [0.5, 0.6) is 5.88 Å². The molecule has 0 spiro atoms. The molecule has 168 valence electrons. The van der Waals surface area contributed by atoms with E-state index in [1.165, 1.54) is 30.5 Å². The second kappa shape index (κ2) is 9.42. The summed E-state index contributed by atoms with van der Waals surface area (Å²) < 4.78 is 74.5. The summed E-state index contributed by atoms with van der Waals surface area (Å²) in [5.74, 6) is -1.74. The van der Waals surface area contributed by atoms with Crippen LogP contribution in [0.4, 0.5) is 31.9 Å². The van der Waals surface area contributed by atoms with Gasteiger partial charge in [-0.1, -0.05) is 0 Å². The van der Waals surface area contributed by atoms with Crippen molar-refractivity contribution in [2.75, 3.05) is 23.9 Å². The number of nitrogens with one attached hydrogen (secondary N) is 3. The zero-order chi connectivity index (χ0) is 25.8. The van der Waals surface area contributed by atoms with E-state index in [1.807, 2.05) is 0 Å². The van der Waals surface area contributed by atoms with Crippen LogP contribution < -0.4 is 20.7 Å². The van der Waals surface area contributed by atoms with Crippen molar-refractivity contribution in [3.05, 3.63) is 42.2 Å². The van der Waals surface area contributed by atoms with Gasteiger partial charge in [0.25, 0.3) is 5.91 Å². The highest BCUT2D eigenvalue weighted by molar-refractivity contribution is 7.90. The number of carbonyl (C=O) groups is 1. The third-order valence-corrected chi connectivity index (χ3v) is 4.78. The van der Waals surface area contributed by atoms with Gasteiger partial charge in [0.15, 0.2) is 27.2 Å². The number of aromatic nitrogens is 5. The maximum Gasteiger partial charge on any atom is 0.388 e. The van der Waals surface area contributed by atoms with Crippen molar-refractivity contribution in [3.63, 3.8) is 0 Å². The van der Waals surface area contributed by atoms with Crippen LogP contribution in [0.3, 0.4) is 0 Å². The highest BCUT2D eigenvalue weighted by Gasteiger charge is 2.19. The average Bonchev–Trinajstić information content (AvgIpc) is 2.73. The largest absolute Gasteiger partial charge is 0.415 e. The van der Waals surface area contributed by atoms with Crippen LogP contribution in [-0.4, -0.2) is 59.5 Å². The van der Waals surface area contributed by atoms with E-state index < -0.39 is 40.9 Å². The van der Waals surface area contributed by atoms with Crippen molar-refractivity contribution in [3.8, 4) is 5.88 Å². The van der Waals surface area contributed by atoms with E-state index in [0.717, 1.165) is 12.3 Å². The van der Waals surface area contributed by atoms with Crippen molar-refractivity contribution >= 4 is 38.9 Å². The van der Waals surface area contributed by atoms with Crippen LogP contribution in [0.15, 0.2) is 41.4 Å². The minimum atomic E-state index is -3.74. The number of rotatable bonds is 8. The summed E-state index contributed by atoms with van der Waals surface area (Å²) in [6.45, 7) is -5.92. The molecule has 0 aliphatic heterocycles. The summed E-state index contributed by atoms with van der Waals surface area (Å²) in [6, 6.07) is 6.22. The summed E-state index contributed by atoms with van der Waals surface area (Å²) >= 11 is 0. The highest BCUT2D eigenvalue weighted by atomic mass is 32.2. The first-order valence-electron chi connectivity index (χ1n) is 10.00. The number of amides is 1. The van der Waals surface area contributed by atoms with Crippen molar-refractivity contribution < 1.29 is 30.8 Å². The Labute approximate surface area is 184 Å². The van der Waals surface area contributed by atoms with Crippen molar-refractivity contribution in [1.82, 2.24) is 30.7 Å². The lowest BCUT2D eigenvalue weighted by Gasteiger charge is -2.13. The number of sulfone groups is 1. The van der Waals surface area contributed by atoms with E-state index in [0.29, 0.717) is 0 Å². The molecule has 0 fully saturated rings. The van der Waals surface area contributed by atoms with Gasteiger partial charge in [0.2, 0.25) is 5.88 Å². The lowest BCUT2D eigenvalue weighted by atomic mass is 10.3. The molecule has 0 atom stereocenters. The quantitative estimate of drug-likeness (QED) is 0.438. The fraction of sp³-hybridized carbons (Fsp3) is 0.176. The molecule has 0 unspecified atom stereocenters. The van der Waals surface area contributed by atoms with E-state index >= 15 is 0 Å². The Morgan fingerprint density at radius 2 is 1.91 bits per heavy atom. The van der Waals surface area contributed by atoms with Crippen LogP contribution in [0.2, 0.25) is 0 Å². The van der Waals surface area contributed by atoms with Crippen molar-refractivity contribution in [2.24, 2.45) is 0 Å². The number of alkyl halides is 2. The lowest BCUT2D eigenvalue weighted by Crippen LogP contribution is -2.22. The zero-order valence-corrected chi connectivity index (χ0v) is 16.9. The first-order chi connectivity index (χ1) is 16.3. The molecule has 32 heavy (non-hydrogen) atoms. The van der Waals surface area contributed by atoms with Gasteiger partial charge in [0.1, 0.15) is 10.7 Å². The number of ether oxygens (including phenoxy) is 1. The summed E-state index contributed by atoms with van der Waals surface area (Å²) in [5.41, 5.74) is -0.637. The van der Waals surface area contributed by atoms with Crippen LogP contribution in [0.1, 0.15) is 14.6 Å². The van der Waals surface area contributed by atoms with Crippen LogP contribution >= 0.6 is 0 Å². The Morgan fingerprint density at radius 3 is 2.56 bits per heavy atom. The minimum absolute atomic E-state index is 0.0289. The van der Waals surface area contributed by atoms with Gasteiger partial charge < -0.3 is 20.7 Å². The lowest BCUT2D eigenvalue weighted by molar-refractivity contribution is -0.0534. The Balaban J connectivity index is 1.98.